The van der Waals surface area contributed by atoms with Gasteiger partial charge >= 0.3 is 5.97 Å². The second-order valence-corrected chi connectivity index (χ2v) is 6.99. The SMILES string of the molecule is O.O=C(O)CCC(=O)Nc1ccc(S(=O)(=O)Nc2nccs2)cc1. The third kappa shape index (κ3) is 5.61. The molecule has 5 N–H and O–H groups in total. The predicted molar refractivity (Wildman–Crippen MR) is 88.5 cm³/mol. The minimum absolute atomic E-state index is 0. The molecule has 0 atom stereocenters. The van der Waals surface area contributed by atoms with E-state index in [1.54, 1.807) is 5.38 Å². The summed E-state index contributed by atoms with van der Waals surface area (Å²) in [6.45, 7) is 0. The van der Waals surface area contributed by atoms with E-state index in [2.05, 4.69) is 15.0 Å². The topological polar surface area (TPSA) is 157 Å². The summed E-state index contributed by atoms with van der Waals surface area (Å²) in [5.74, 6) is -1.52. The summed E-state index contributed by atoms with van der Waals surface area (Å²) >= 11 is 1.16. The number of sulfonamides is 1. The van der Waals surface area contributed by atoms with Gasteiger partial charge in [-0.1, -0.05) is 0 Å². The Hall–Kier alpha value is -2.50. The molecule has 0 fully saturated rings. The van der Waals surface area contributed by atoms with Gasteiger partial charge in [-0.15, -0.1) is 11.3 Å². The van der Waals surface area contributed by atoms with Gasteiger partial charge in [0.05, 0.1) is 11.3 Å². The molecule has 0 saturated carbocycles. The Morgan fingerprint density at radius 1 is 1.17 bits per heavy atom. The predicted octanol–water partition coefficient (Wildman–Crippen LogP) is 0.922. The summed E-state index contributed by atoms with van der Waals surface area (Å²) in [6, 6.07) is 5.52. The second kappa shape index (κ2) is 8.38. The molecule has 0 aliphatic heterocycles. The van der Waals surface area contributed by atoms with Gasteiger partial charge in [0.1, 0.15) is 0 Å². The number of carboxylic acid groups (broad SMARTS) is 1. The fourth-order valence-electron chi connectivity index (χ4n) is 1.61. The molecule has 9 nitrogen and oxygen atoms in total. The number of hydrogen-bond acceptors (Lipinski definition) is 6. The highest BCUT2D eigenvalue weighted by Gasteiger charge is 2.15. The Labute approximate surface area is 141 Å². The van der Waals surface area contributed by atoms with Crippen LogP contribution in [0.15, 0.2) is 40.7 Å². The van der Waals surface area contributed by atoms with E-state index in [0.29, 0.717) is 5.69 Å². The van der Waals surface area contributed by atoms with Crippen LogP contribution in [0.3, 0.4) is 0 Å². The Kier molecular flexibility index (Phi) is 6.82. The van der Waals surface area contributed by atoms with E-state index in [0.717, 1.165) is 11.3 Å². The van der Waals surface area contributed by atoms with E-state index in [1.165, 1.54) is 30.5 Å². The molecular weight excluding hydrogens is 358 g/mol. The van der Waals surface area contributed by atoms with Gasteiger partial charge in [0, 0.05) is 23.7 Å². The van der Waals surface area contributed by atoms with E-state index in [-0.39, 0.29) is 28.3 Å². The Morgan fingerprint density at radius 3 is 2.38 bits per heavy atom. The molecule has 24 heavy (non-hydrogen) atoms. The van der Waals surface area contributed by atoms with Crippen molar-refractivity contribution in [1.82, 2.24) is 4.98 Å². The summed E-state index contributed by atoms with van der Waals surface area (Å²) in [4.78, 5) is 25.7. The van der Waals surface area contributed by atoms with E-state index in [9.17, 15) is 18.0 Å². The number of hydrogen-bond donors (Lipinski definition) is 3. The Morgan fingerprint density at radius 2 is 1.83 bits per heavy atom. The van der Waals surface area contributed by atoms with Crippen LogP contribution in [0, 0.1) is 0 Å². The van der Waals surface area contributed by atoms with Gasteiger partial charge in [-0.25, -0.2) is 13.4 Å². The number of carbonyl (C=O) groups excluding carboxylic acids is 1. The first-order valence-corrected chi connectivity index (χ1v) is 8.77. The molecule has 0 radical (unpaired) electrons. The molecule has 2 aromatic rings. The number of rotatable bonds is 7. The Bertz CT molecular complexity index is 788. The molecule has 0 unspecified atom stereocenters. The highest BCUT2D eigenvalue weighted by molar-refractivity contribution is 7.93. The van der Waals surface area contributed by atoms with Gasteiger partial charge in [-0.05, 0) is 24.3 Å². The van der Waals surface area contributed by atoms with E-state index in [4.69, 9.17) is 5.11 Å². The zero-order valence-corrected chi connectivity index (χ0v) is 13.9. The van der Waals surface area contributed by atoms with Crippen LogP contribution >= 0.6 is 11.3 Å². The molecular formula is C13H15N3O6S2. The maximum absolute atomic E-state index is 12.1. The van der Waals surface area contributed by atoms with Gasteiger partial charge in [0.25, 0.3) is 10.0 Å². The summed E-state index contributed by atoms with van der Waals surface area (Å²) in [5.41, 5.74) is 0.383. The number of nitrogens with one attached hydrogen (secondary N) is 2. The van der Waals surface area contributed by atoms with Crippen molar-refractivity contribution in [3.05, 3.63) is 35.8 Å². The lowest BCUT2D eigenvalue weighted by Crippen LogP contribution is -2.14. The zero-order valence-electron chi connectivity index (χ0n) is 12.2. The lowest BCUT2D eigenvalue weighted by molar-refractivity contribution is -0.138. The highest BCUT2D eigenvalue weighted by Crippen LogP contribution is 2.19. The van der Waals surface area contributed by atoms with E-state index >= 15 is 0 Å². The van der Waals surface area contributed by atoms with Crippen LogP contribution in [-0.4, -0.2) is 35.9 Å². The molecule has 11 heteroatoms. The van der Waals surface area contributed by atoms with Crippen LogP contribution in [0.4, 0.5) is 10.8 Å². The average molecular weight is 373 g/mol. The molecule has 0 saturated heterocycles. The van der Waals surface area contributed by atoms with Gasteiger partial charge < -0.3 is 15.9 Å². The molecule has 0 bridgehead atoms. The van der Waals surface area contributed by atoms with E-state index < -0.39 is 21.9 Å². The second-order valence-electron chi connectivity index (χ2n) is 4.41. The first-order valence-electron chi connectivity index (χ1n) is 6.41. The number of thiazole rings is 1. The molecule has 130 valence electrons. The number of anilines is 2. The zero-order chi connectivity index (χ0) is 16.9. The van der Waals surface area contributed by atoms with Gasteiger partial charge in [-0.3, -0.25) is 14.3 Å². The van der Waals surface area contributed by atoms with Crippen LogP contribution in [0.5, 0.6) is 0 Å². The molecule has 0 spiro atoms. The first-order chi connectivity index (χ1) is 10.9. The molecule has 1 heterocycles. The lowest BCUT2D eigenvalue weighted by Gasteiger charge is -2.07. The molecule has 1 aromatic heterocycles. The number of aromatic nitrogens is 1. The number of carbonyl (C=O) groups is 2. The van der Waals surface area contributed by atoms with E-state index in [1.807, 2.05) is 0 Å². The molecule has 1 aromatic carbocycles. The number of nitrogens with zero attached hydrogens (tertiary/aromatic N) is 1. The normalized spacial score (nSPS) is 10.5. The number of aliphatic carboxylic acids is 1. The fraction of sp³-hybridized carbons (Fsp3) is 0.154. The standard InChI is InChI=1S/C13H13N3O5S2.H2O/c17-11(5-6-12(18)19)15-9-1-3-10(4-2-9)23(20,21)16-13-14-7-8-22-13;/h1-4,7-8H,5-6H2,(H,14,16)(H,15,17)(H,18,19);1H2. The summed E-state index contributed by atoms with van der Waals surface area (Å²) in [7, 11) is -3.74. The third-order valence-electron chi connectivity index (χ3n) is 2.67. The molecule has 0 aliphatic carbocycles. The maximum atomic E-state index is 12.1. The first kappa shape index (κ1) is 19.5. The van der Waals surface area contributed by atoms with Crippen LogP contribution in [-0.2, 0) is 19.6 Å². The largest absolute Gasteiger partial charge is 0.481 e. The minimum Gasteiger partial charge on any atom is -0.481 e. The maximum Gasteiger partial charge on any atom is 0.303 e. The van der Waals surface area contributed by atoms with Crippen molar-refractivity contribution < 1.29 is 28.6 Å². The smallest absolute Gasteiger partial charge is 0.303 e. The summed E-state index contributed by atoms with van der Waals surface area (Å²) < 4.78 is 26.6. The summed E-state index contributed by atoms with van der Waals surface area (Å²) in [6.07, 6.45) is 1.06. The summed E-state index contributed by atoms with van der Waals surface area (Å²) in [5, 5.41) is 12.9. The van der Waals surface area contributed by atoms with Crippen LogP contribution < -0.4 is 10.0 Å². The number of carboxylic acids is 1. The number of benzene rings is 1. The average Bonchev–Trinajstić information content (AvgIpc) is 2.98. The van der Waals surface area contributed by atoms with Crippen LogP contribution in [0.1, 0.15) is 12.8 Å². The van der Waals surface area contributed by atoms with Crippen molar-refractivity contribution in [2.45, 2.75) is 17.7 Å². The number of amides is 1. The van der Waals surface area contributed by atoms with Crippen molar-refractivity contribution >= 4 is 44.1 Å². The van der Waals surface area contributed by atoms with Crippen LogP contribution in [0.2, 0.25) is 0 Å². The van der Waals surface area contributed by atoms with Crippen molar-refractivity contribution in [3.63, 3.8) is 0 Å². The van der Waals surface area contributed by atoms with Gasteiger partial charge in [0.15, 0.2) is 5.13 Å². The molecule has 1 amide bonds. The van der Waals surface area contributed by atoms with Crippen molar-refractivity contribution in [2.75, 3.05) is 10.0 Å². The van der Waals surface area contributed by atoms with Gasteiger partial charge in [0.2, 0.25) is 5.91 Å². The highest BCUT2D eigenvalue weighted by atomic mass is 32.2. The fourth-order valence-corrected chi connectivity index (χ4v) is 3.40. The molecule has 0 aliphatic rings. The third-order valence-corrected chi connectivity index (χ3v) is 4.84. The minimum atomic E-state index is -3.74. The Balaban J connectivity index is 0.00000288. The lowest BCUT2D eigenvalue weighted by atomic mass is 10.2. The molecule has 2 rings (SSSR count). The monoisotopic (exact) mass is 373 g/mol. The van der Waals surface area contributed by atoms with Crippen LogP contribution in [0.25, 0.3) is 0 Å². The quantitative estimate of drug-likeness (QED) is 0.655. The van der Waals surface area contributed by atoms with Gasteiger partial charge in [-0.2, -0.15) is 0 Å². The van der Waals surface area contributed by atoms with Crippen molar-refractivity contribution in [3.8, 4) is 0 Å². The van der Waals surface area contributed by atoms with Crippen molar-refractivity contribution in [2.24, 2.45) is 0 Å². The van der Waals surface area contributed by atoms with Crippen molar-refractivity contribution in [1.29, 1.82) is 0 Å².